The molecule has 3 aromatic heterocycles. The maximum absolute atomic E-state index is 12.6. The first-order chi connectivity index (χ1) is 13.6. The summed E-state index contributed by atoms with van der Waals surface area (Å²) in [5.74, 6) is 0. The molecule has 0 unspecified atom stereocenters. The Morgan fingerprint density at radius 3 is 2.61 bits per heavy atom. The second-order valence-corrected chi connectivity index (χ2v) is 10.2. The molecule has 0 bridgehead atoms. The molecule has 4 rings (SSSR count). The first-order valence-corrected chi connectivity index (χ1v) is 11.9. The third-order valence-electron chi connectivity index (χ3n) is 5.13. The normalized spacial score (nSPS) is 15.3. The standard InChI is InChI=1S/C20H24N4O2S2/c1-2-18-7-8-20(27-18)28(25,26)22-14-16-13-19(15-9-11-21-12-10-15)24(23-16)17-5-3-4-6-17/h7-13,17,22H,2-6,14H2,1H3. The quantitative estimate of drug-likeness (QED) is 0.627. The Hall–Kier alpha value is -2.03. The van der Waals surface area contributed by atoms with Gasteiger partial charge in [-0.15, -0.1) is 11.3 Å². The van der Waals surface area contributed by atoms with E-state index in [0.29, 0.717) is 10.3 Å². The van der Waals surface area contributed by atoms with Crippen LogP contribution in [0.15, 0.2) is 46.9 Å². The van der Waals surface area contributed by atoms with E-state index in [1.165, 1.54) is 24.2 Å². The Balaban J connectivity index is 1.58. The van der Waals surface area contributed by atoms with Crippen molar-refractivity contribution in [1.29, 1.82) is 0 Å². The zero-order chi connectivity index (χ0) is 19.6. The lowest BCUT2D eigenvalue weighted by Crippen LogP contribution is -2.22. The summed E-state index contributed by atoms with van der Waals surface area (Å²) in [7, 11) is -3.53. The van der Waals surface area contributed by atoms with Gasteiger partial charge in [0.25, 0.3) is 0 Å². The van der Waals surface area contributed by atoms with E-state index in [-0.39, 0.29) is 6.54 Å². The molecular formula is C20H24N4O2S2. The van der Waals surface area contributed by atoms with E-state index >= 15 is 0 Å². The molecular weight excluding hydrogens is 392 g/mol. The SMILES string of the molecule is CCc1ccc(S(=O)(=O)NCc2cc(-c3ccncc3)n(C3CCCC3)n2)s1. The van der Waals surface area contributed by atoms with Crippen molar-refractivity contribution in [3.05, 3.63) is 53.3 Å². The lowest BCUT2D eigenvalue weighted by molar-refractivity contribution is 0.467. The van der Waals surface area contributed by atoms with E-state index in [4.69, 9.17) is 5.10 Å². The monoisotopic (exact) mass is 416 g/mol. The lowest BCUT2D eigenvalue weighted by atomic mass is 10.1. The highest BCUT2D eigenvalue weighted by molar-refractivity contribution is 7.91. The second-order valence-electron chi connectivity index (χ2n) is 7.04. The average molecular weight is 417 g/mol. The Bertz CT molecular complexity index is 1040. The third kappa shape index (κ3) is 4.04. The number of aryl methyl sites for hydroxylation is 1. The van der Waals surface area contributed by atoms with Crippen molar-refractivity contribution in [3.8, 4) is 11.3 Å². The van der Waals surface area contributed by atoms with Crippen LogP contribution in [0, 0.1) is 0 Å². The average Bonchev–Trinajstić information content (AvgIpc) is 3.47. The molecule has 0 saturated heterocycles. The van der Waals surface area contributed by atoms with Crippen molar-refractivity contribution in [2.24, 2.45) is 0 Å². The van der Waals surface area contributed by atoms with Crippen LogP contribution in [0.1, 0.15) is 49.2 Å². The van der Waals surface area contributed by atoms with Crippen molar-refractivity contribution in [1.82, 2.24) is 19.5 Å². The fourth-order valence-electron chi connectivity index (χ4n) is 3.63. The number of hydrogen-bond donors (Lipinski definition) is 1. The van der Waals surface area contributed by atoms with Gasteiger partial charge in [0.15, 0.2) is 0 Å². The fraction of sp³-hybridized carbons (Fsp3) is 0.400. The summed E-state index contributed by atoms with van der Waals surface area (Å²) in [5.41, 5.74) is 2.80. The maximum Gasteiger partial charge on any atom is 0.250 e. The molecule has 1 fully saturated rings. The summed E-state index contributed by atoms with van der Waals surface area (Å²) in [6.07, 6.45) is 9.01. The zero-order valence-corrected chi connectivity index (χ0v) is 17.5. The van der Waals surface area contributed by atoms with Crippen molar-refractivity contribution in [3.63, 3.8) is 0 Å². The van der Waals surface area contributed by atoms with Crippen LogP contribution in [0.4, 0.5) is 0 Å². The van der Waals surface area contributed by atoms with E-state index < -0.39 is 10.0 Å². The summed E-state index contributed by atoms with van der Waals surface area (Å²) in [6.45, 7) is 2.20. The summed E-state index contributed by atoms with van der Waals surface area (Å²) >= 11 is 1.32. The highest BCUT2D eigenvalue weighted by Gasteiger charge is 2.23. The molecule has 1 N–H and O–H groups in total. The molecule has 0 spiro atoms. The molecule has 1 saturated carbocycles. The minimum absolute atomic E-state index is 0.180. The molecule has 0 radical (unpaired) electrons. The van der Waals surface area contributed by atoms with Crippen LogP contribution < -0.4 is 4.72 Å². The number of thiophene rings is 1. The topological polar surface area (TPSA) is 76.9 Å². The predicted molar refractivity (Wildman–Crippen MR) is 111 cm³/mol. The van der Waals surface area contributed by atoms with Gasteiger partial charge in [-0.05, 0) is 49.6 Å². The van der Waals surface area contributed by atoms with Gasteiger partial charge in [0.1, 0.15) is 4.21 Å². The highest BCUT2D eigenvalue weighted by Crippen LogP contribution is 2.33. The second kappa shape index (κ2) is 8.14. The van der Waals surface area contributed by atoms with Crippen molar-refractivity contribution in [2.75, 3.05) is 0 Å². The van der Waals surface area contributed by atoms with Gasteiger partial charge in [0.05, 0.1) is 24.0 Å². The smallest absolute Gasteiger partial charge is 0.250 e. The van der Waals surface area contributed by atoms with E-state index in [0.717, 1.165) is 41.1 Å². The van der Waals surface area contributed by atoms with Crippen LogP contribution in [0.25, 0.3) is 11.3 Å². The van der Waals surface area contributed by atoms with Gasteiger partial charge in [-0.25, -0.2) is 13.1 Å². The zero-order valence-electron chi connectivity index (χ0n) is 15.8. The molecule has 148 valence electrons. The van der Waals surface area contributed by atoms with Crippen LogP contribution in [0.2, 0.25) is 0 Å². The van der Waals surface area contributed by atoms with Gasteiger partial charge in [0, 0.05) is 22.8 Å². The van der Waals surface area contributed by atoms with Crippen molar-refractivity contribution < 1.29 is 8.42 Å². The highest BCUT2D eigenvalue weighted by atomic mass is 32.2. The van der Waals surface area contributed by atoms with Crippen LogP contribution in [0.3, 0.4) is 0 Å². The molecule has 28 heavy (non-hydrogen) atoms. The Labute approximate surface area is 169 Å². The summed E-state index contributed by atoms with van der Waals surface area (Å²) in [6, 6.07) is 9.84. The molecule has 6 nitrogen and oxygen atoms in total. The number of hydrogen-bond acceptors (Lipinski definition) is 5. The van der Waals surface area contributed by atoms with Gasteiger partial charge >= 0.3 is 0 Å². The van der Waals surface area contributed by atoms with Crippen molar-refractivity contribution >= 4 is 21.4 Å². The number of rotatable bonds is 7. The van der Waals surface area contributed by atoms with Gasteiger partial charge in [-0.2, -0.15) is 5.10 Å². The van der Waals surface area contributed by atoms with Gasteiger partial charge < -0.3 is 0 Å². The van der Waals surface area contributed by atoms with Crippen LogP contribution in [0.5, 0.6) is 0 Å². The first-order valence-electron chi connectivity index (χ1n) is 9.64. The molecule has 0 atom stereocenters. The van der Waals surface area contributed by atoms with Gasteiger partial charge in [-0.1, -0.05) is 19.8 Å². The van der Waals surface area contributed by atoms with Gasteiger partial charge in [0.2, 0.25) is 10.0 Å². The molecule has 3 heterocycles. The first kappa shape index (κ1) is 19.3. The summed E-state index contributed by atoms with van der Waals surface area (Å²) in [4.78, 5) is 5.16. The van der Waals surface area contributed by atoms with E-state index in [9.17, 15) is 8.42 Å². The maximum atomic E-state index is 12.6. The third-order valence-corrected chi connectivity index (χ3v) is 8.25. The summed E-state index contributed by atoms with van der Waals surface area (Å²) < 4.78 is 30.4. The molecule has 3 aromatic rings. The minimum atomic E-state index is -3.53. The van der Waals surface area contributed by atoms with E-state index in [1.54, 1.807) is 18.5 Å². The Kier molecular flexibility index (Phi) is 5.61. The number of nitrogens with zero attached hydrogens (tertiary/aromatic N) is 3. The van der Waals surface area contributed by atoms with E-state index in [2.05, 4.69) is 14.4 Å². The fourth-order valence-corrected chi connectivity index (χ4v) is 5.97. The largest absolute Gasteiger partial charge is 0.265 e. The Morgan fingerprint density at radius 1 is 1.18 bits per heavy atom. The van der Waals surface area contributed by atoms with Crippen molar-refractivity contribution in [2.45, 2.75) is 55.8 Å². The van der Waals surface area contributed by atoms with Gasteiger partial charge in [-0.3, -0.25) is 9.67 Å². The number of sulfonamides is 1. The van der Waals surface area contributed by atoms with Crippen LogP contribution >= 0.6 is 11.3 Å². The molecule has 8 heteroatoms. The van der Waals surface area contributed by atoms with Crippen LogP contribution in [-0.4, -0.2) is 23.2 Å². The van der Waals surface area contributed by atoms with E-state index in [1.807, 2.05) is 31.2 Å². The van der Waals surface area contributed by atoms with Crippen LogP contribution in [-0.2, 0) is 23.0 Å². The lowest BCUT2D eigenvalue weighted by Gasteiger charge is -2.14. The molecule has 0 amide bonds. The number of pyridine rings is 1. The Morgan fingerprint density at radius 2 is 1.93 bits per heavy atom. The summed E-state index contributed by atoms with van der Waals surface area (Å²) in [5, 5.41) is 4.76. The minimum Gasteiger partial charge on any atom is -0.265 e. The molecule has 1 aliphatic carbocycles. The molecule has 0 aromatic carbocycles. The number of nitrogens with one attached hydrogen (secondary N) is 1. The molecule has 1 aliphatic rings. The predicted octanol–water partition coefficient (Wildman–Crippen LogP) is 4.16. The number of aromatic nitrogens is 3. The molecule has 0 aliphatic heterocycles.